The Morgan fingerprint density at radius 2 is 2.12 bits per heavy atom. The Labute approximate surface area is 101 Å². The average molecular weight is 223 g/mol. The minimum Gasteiger partial charge on any atom is -0.468 e. The zero-order valence-electron chi connectivity index (χ0n) is 9.68. The van der Waals surface area contributed by atoms with Crippen LogP contribution in [0.15, 0.2) is 52.1 Å². The first-order valence-electron chi connectivity index (χ1n) is 5.43. The number of aryl methyl sites for hydroxylation is 1. The van der Waals surface area contributed by atoms with Gasteiger partial charge in [0.2, 0.25) is 0 Å². The molecule has 0 atom stereocenters. The Bertz CT molecular complexity index is 555. The summed E-state index contributed by atoms with van der Waals surface area (Å²) in [6.07, 6.45) is 3.48. The summed E-state index contributed by atoms with van der Waals surface area (Å²) in [4.78, 5) is 4.23. The van der Waals surface area contributed by atoms with E-state index in [1.165, 1.54) is 0 Å². The van der Waals surface area contributed by atoms with Gasteiger partial charge >= 0.3 is 0 Å². The molecule has 84 valence electrons. The van der Waals surface area contributed by atoms with Gasteiger partial charge in [0.1, 0.15) is 18.6 Å². The quantitative estimate of drug-likeness (QED) is 0.567. The second-order valence-corrected chi connectivity index (χ2v) is 3.63. The summed E-state index contributed by atoms with van der Waals surface area (Å²) in [5.74, 6) is 6.85. The molecule has 17 heavy (non-hydrogen) atoms. The molecular weight excluding hydrogens is 210 g/mol. The highest BCUT2D eigenvalue weighted by atomic mass is 16.3. The molecule has 1 heterocycles. The average Bonchev–Trinajstić information content (AvgIpc) is 2.76. The van der Waals surface area contributed by atoms with Gasteiger partial charge in [-0.15, -0.1) is 0 Å². The zero-order chi connectivity index (χ0) is 11.9. The van der Waals surface area contributed by atoms with Crippen LogP contribution in [0.5, 0.6) is 0 Å². The third-order valence-electron chi connectivity index (χ3n) is 2.17. The van der Waals surface area contributed by atoms with Crippen molar-refractivity contribution in [2.24, 2.45) is 4.99 Å². The van der Waals surface area contributed by atoms with Gasteiger partial charge in [-0.05, 0) is 18.6 Å². The van der Waals surface area contributed by atoms with Crippen molar-refractivity contribution >= 4 is 6.21 Å². The Balaban J connectivity index is 1.88. The monoisotopic (exact) mass is 223 g/mol. The highest BCUT2D eigenvalue weighted by molar-refractivity contribution is 5.79. The first-order chi connectivity index (χ1) is 8.34. The topological polar surface area (TPSA) is 25.5 Å². The van der Waals surface area contributed by atoms with Crippen molar-refractivity contribution in [1.29, 1.82) is 0 Å². The molecule has 0 aliphatic rings. The minimum atomic E-state index is 0.499. The fourth-order valence-corrected chi connectivity index (χ4v) is 1.39. The smallest absolute Gasteiger partial charge is 0.106 e. The summed E-state index contributed by atoms with van der Waals surface area (Å²) in [7, 11) is 0. The number of nitrogens with zero attached hydrogens (tertiary/aromatic N) is 1. The van der Waals surface area contributed by atoms with Gasteiger partial charge in [-0.25, -0.2) is 0 Å². The van der Waals surface area contributed by atoms with Gasteiger partial charge in [0.25, 0.3) is 0 Å². The minimum absolute atomic E-state index is 0.499. The molecule has 0 bridgehead atoms. The lowest BCUT2D eigenvalue weighted by atomic mass is 10.2. The van der Waals surface area contributed by atoms with E-state index in [1.807, 2.05) is 49.5 Å². The van der Waals surface area contributed by atoms with Gasteiger partial charge in [0, 0.05) is 6.21 Å². The number of hydrogen-bond donors (Lipinski definition) is 0. The number of aliphatic imine (C=N–C) groups is 1. The maximum Gasteiger partial charge on any atom is 0.106 e. The molecule has 0 N–H and O–H groups in total. The maximum atomic E-state index is 5.15. The van der Waals surface area contributed by atoms with Crippen LogP contribution in [0.4, 0.5) is 0 Å². The standard InChI is InChI=1S/C15H13NO/c1-13-10-15(12-17-13)8-5-9-16-11-14-6-3-2-4-7-14/h2-4,6-7,10-12H,9H2,1H3. The molecule has 0 saturated heterocycles. The van der Waals surface area contributed by atoms with E-state index in [2.05, 4.69) is 16.8 Å². The molecule has 0 aliphatic carbocycles. The third kappa shape index (κ3) is 3.66. The van der Waals surface area contributed by atoms with E-state index in [9.17, 15) is 0 Å². The molecule has 0 saturated carbocycles. The molecule has 0 spiro atoms. The summed E-state index contributed by atoms with van der Waals surface area (Å²) >= 11 is 0. The van der Waals surface area contributed by atoms with Crippen molar-refractivity contribution in [3.05, 3.63) is 59.5 Å². The van der Waals surface area contributed by atoms with Crippen LogP contribution in [0.1, 0.15) is 16.9 Å². The maximum absolute atomic E-state index is 5.15. The Morgan fingerprint density at radius 3 is 2.82 bits per heavy atom. The molecule has 0 aliphatic heterocycles. The van der Waals surface area contributed by atoms with Gasteiger partial charge in [-0.3, -0.25) is 4.99 Å². The summed E-state index contributed by atoms with van der Waals surface area (Å²) in [5, 5.41) is 0. The van der Waals surface area contributed by atoms with E-state index >= 15 is 0 Å². The van der Waals surface area contributed by atoms with Crippen molar-refractivity contribution in [2.75, 3.05) is 6.54 Å². The van der Waals surface area contributed by atoms with Gasteiger partial charge in [-0.2, -0.15) is 0 Å². The summed E-state index contributed by atoms with van der Waals surface area (Å²) in [6.45, 7) is 2.40. The van der Waals surface area contributed by atoms with Crippen LogP contribution in [0, 0.1) is 18.8 Å². The largest absolute Gasteiger partial charge is 0.468 e. The Hall–Kier alpha value is -2.27. The van der Waals surface area contributed by atoms with Crippen LogP contribution >= 0.6 is 0 Å². The van der Waals surface area contributed by atoms with Crippen LogP contribution in [-0.4, -0.2) is 12.8 Å². The van der Waals surface area contributed by atoms with E-state index in [4.69, 9.17) is 4.42 Å². The van der Waals surface area contributed by atoms with E-state index in [0.29, 0.717) is 6.54 Å². The van der Waals surface area contributed by atoms with E-state index in [1.54, 1.807) is 6.26 Å². The number of hydrogen-bond acceptors (Lipinski definition) is 2. The third-order valence-corrected chi connectivity index (χ3v) is 2.17. The lowest BCUT2D eigenvalue weighted by Gasteiger charge is -1.88. The molecule has 2 heteroatoms. The second kappa shape index (κ2) is 5.72. The summed E-state index contributed by atoms with van der Waals surface area (Å²) in [6, 6.07) is 11.9. The van der Waals surface area contributed by atoms with Crippen LogP contribution < -0.4 is 0 Å². The SMILES string of the molecule is Cc1cc(C#CCN=Cc2ccccc2)co1. The second-order valence-electron chi connectivity index (χ2n) is 3.63. The van der Waals surface area contributed by atoms with Crippen LogP contribution in [-0.2, 0) is 0 Å². The van der Waals surface area contributed by atoms with Crippen molar-refractivity contribution in [3.8, 4) is 11.8 Å². The van der Waals surface area contributed by atoms with Gasteiger partial charge < -0.3 is 4.42 Å². The summed E-state index contributed by atoms with van der Waals surface area (Å²) in [5.41, 5.74) is 1.99. The van der Waals surface area contributed by atoms with Crippen molar-refractivity contribution in [2.45, 2.75) is 6.92 Å². The van der Waals surface area contributed by atoms with E-state index in [-0.39, 0.29) is 0 Å². The van der Waals surface area contributed by atoms with Crippen LogP contribution in [0.2, 0.25) is 0 Å². The fraction of sp³-hybridized carbons (Fsp3) is 0.133. The molecule has 2 rings (SSSR count). The van der Waals surface area contributed by atoms with Crippen molar-refractivity contribution < 1.29 is 4.42 Å². The lowest BCUT2D eigenvalue weighted by molar-refractivity contribution is 0.533. The molecule has 1 aromatic heterocycles. The molecule has 2 aromatic rings. The normalized spacial score (nSPS) is 10.2. The van der Waals surface area contributed by atoms with E-state index in [0.717, 1.165) is 16.9 Å². The lowest BCUT2D eigenvalue weighted by Crippen LogP contribution is -1.81. The molecule has 2 nitrogen and oxygen atoms in total. The van der Waals surface area contributed by atoms with Crippen LogP contribution in [0.3, 0.4) is 0 Å². The number of benzene rings is 1. The Morgan fingerprint density at radius 1 is 1.29 bits per heavy atom. The highest BCUT2D eigenvalue weighted by Gasteiger charge is 1.90. The number of furan rings is 1. The molecule has 0 fully saturated rings. The predicted octanol–water partition coefficient (Wildman–Crippen LogP) is 3.06. The molecule has 0 unspecified atom stereocenters. The van der Waals surface area contributed by atoms with Crippen molar-refractivity contribution in [3.63, 3.8) is 0 Å². The first kappa shape index (κ1) is 11.2. The predicted molar refractivity (Wildman–Crippen MR) is 69.2 cm³/mol. The van der Waals surface area contributed by atoms with E-state index < -0.39 is 0 Å². The molecular formula is C15H13NO. The summed E-state index contributed by atoms with van der Waals surface area (Å²) < 4.78 is 5.15. The van der Waals surface area contributed by atoms with Gasteiger partial charge in [-0.1, -0.05) is 42.2 Å². The fourth-order valence-electron chi connectivity index (χ4n) is 1.39. The molecule has 1 aromatic carbocycles. The Kier molecular flexibility index (Phi) is 3.77. The highest BCUT2D eigenvalue weighted by Crippen LogP contribution is 2.03. The van der Waals surface area contributed by atoms with Crippen molar-refractivity contribution in [1.82, 2.24) is 0 Å². The van der Waals surface area contributed by atoms with Crippen LogP contribution in [0.25, 0.3) is 0 Å². The molecule has 0 radical (unpaired) electrons. The zero-order valence-corrected chi connectivity index (χ0v) is 9.68. The molecule has 0 amide bonds. The van der Waals surface area contributed by atoms with Gasteiger partial charge in [0.15, 0.2) is 0 Å². The number of rotatable bonds is 2. The van der Waals surface area contributed by atoms with Gasteiger partial charge in [0.05, 0.1) is 5.56 Å². The first-order valence-corrected chi connectivity index (χ1v) is 5.43.